The number of anilines is 1. The van der Waals surface area contributed by atoms with Crippen LogP contribution in [0.2, 0.25) is 0 Å². The van der Waals surface area contributed by atoms with E-state index >= 15 is 0 Å². The van der Waals surface area contributed by atoms with Crippen LogP contribution in [0, 0.1) is 19.7 Å². The molecule has 0 saturated carbocycles. The fraction of sp³-hybridized carbons (Fsp3) is 0.188. The highest BCUT2D eigenvalue weighted by atomic mass is 79.9. The van der Waals surface area contributed by atoms with Gasteiger partial charge in [-0.1, -0.05) is 15.9 Å². The Morgan fingerprint density at radius 1 is 1.19 bits per heavy atom. The molecule has 0 aliphatic carbocycles. The number of ether oxygens (including phenoxy) is 1. The van der Waals surface area contributed by atoms with Gasteiger partial charge >= 0.3 is 0 Å². The molecule has 5 heteroatoms. The summed E-state index contributed by atoms with van der Waals surface area (Å²) in [6.45, 7) is 3.81. The van der Waals surface area contributed by atoms with Gasteiger partial charge in [-0.3, -0.25) is 4.79 Å². The molecule has 0 heterocycles. The fourth-order valence-electron chi connectivity index (χ4n) is 2.10. The number of amides is 1. The summed E-state index contributed by atoms with van der Waals surface area (Å²) in [5.74, 6) is -0.804. The predicted octanol–water partition coefficient (Wildman–Crippen LogP) is 4.47. The molecule has 21 heavy (non-hydrogen) atoms. The van der Waals surface area contributed by atoms with Crippen LogP contribution in [0.5, 0.6) is 5.75 Å². The zero-order valence-corrected chi connectivity index (χ0v) is 13.5. The topological polar surface area (TPSA) is 38.3 Å². The standard InChI is InChI=1S/C16H15BrFNO2/c1-9-6-12(17)7-10(2)15(9)19-16(20)11-4-5-14(21-3)13(18)8-11/h4-8H,1-3H3,(H,19,20). The molecule has 2 aromatic carbocycles. The Labute approximate surface area is 131 Å². The molecule has 0 bridgehead atoms. The van der Waals surface area contributed by atoms with Gasteiger partial charge < -0.3 is 10.1 Å². The Balaban J connectivity index is 2.28. The first-order valence-corrected chi connectivity index (χ1v) is 7.13. The van der Waals surface area contributed by atoms with Crippen molar-refractivity contribution in [1.29, 1.82) is 0 Å². The van der Waals surface area contributed by atoms with Crippen LogP contribution in [0.3, 0.4) is 0 Å². The average molecular weight is 352 g/mol. The average Bonchev–Trinajstić information content (AvgIpc) is 2.42. The second-order valence-corrected chi connectivity index (χ2v) is 5.63. The molecule has 110 valence electrons. The Kier molecular flexibility index (Phi) is 4.63. The number of aryl methyl sites for hydroxylation is 2. The second-order valence-electron chi connectivity index (χ2n) is 4.72. The van der Waals surface area contributed by atoms with Crippen LogP contribution in [0.4, 0.5) is 10.1 Å². The van der Waals surface area contributed by atoms with Gasteiger partial charge in [-0.05, 0) is 55.3 Å². The molecule has 3 nitrogen and oxygen atoms in total. The van der Waals surface area contributed by atoms with Crippen LogP contribution in [0.25, 0.3) is 0 Å². The number of carbonyl (C=O) groups is 1. The van der Waals surface area contributed by atoms with Crippen molar-refractivity contribution in [2.24, 2.45) is 0 Å². The highest BCUT2D eigenvalue weighted by Crippen LogP contribution is 2.26. The van der Waals surface area contributed by atoms with Gasteiger partial charge in [0.1, 0.15) is 0 Å². The lowest BCUT2D eigenvalue weighted by molar-refractivity contribution is 0.102. The summed E-state index contributed by atoms with van der Waals surface area (Å²) in [7, 11) is 1.38. The molecule has 1 N–H and O–H groups in total. The van der Waals surface area contributed by atoms with Gasteiger partial charge in [0.25, 0.3) is 5.91 Å². The van der Waals surface area contributed by atoms with E-state index in [1.807, 2.05) is 26.0 Å². The third-order valence-corrected chi connectivity index (χ3v) is 3.61. The van der Waals surface area contributed by atoms with E-state index in [0.29, 0.717) is 0 Å². The van der Waals surface area contributed by atoms with Crippen LogP contribution in [0.15, 0.2) is 34.8 Å². The van der Waals surface area contributed by atoms with Gasteiger partial charge in [-0.25, -0.2) is 4.39 Å². The molecule has 0 radical (unpaired) electrons. The summed E-state index contributed by atoms with van der Waals surface area (Å²) in [6.07, 6.45) is 0. The van der Waals surface area contributed by atoms with Crippen LogP contribution in [-0.4, -0.2) is 13.0 Å². The van der Waals surface area contributed by atoms with Crippen LogP contribution < -0.4 is 10.1 Å². The molecular weight excluding hydrogens is 337 g/mol. The van der Waals surface area contributed by atoms with Gasteiger partial charge in [0, 0.05) is 15.7 Å². The third kappa shape index (κ3) is 3.42. The summed E-state index contributed by atoms with van der Waals surface area (Å²) >= 11 is 3.41. The molecule has 2 rings (SSSR count). The van der Waals surface area contributed by atoms with Crippen LogP contribution >= 0.6 is 15.9 Å². The van der Waals surface area contributed by atoms with Gasteiger partial charge in [0.2, 0.25) is 0 Å². The number of carbonyl (C=O) groups excluding carboxylic acids is 1. The van der Waals surface area contributed by atoms with E-state index in [0.717, 1.165) is 27.4 Å². The first-order chi connectivity index (χ1) is 9.92. The predicted molar refractivity (Wildman–Crippen MR) is 84.5 cm³/mol. The van der Waals surface area contributed by atoms with E-state index in [4.69, 9.17) is 4.74 Å². The van der Waals surface area contributed by atoms with Gasteiger partial charge in [-0.2, -0.15) is 0 Å². The largest absolute Gasteiger partial charge is 0.494 e. The summed E-state index contributed by atoms with van der Waals surface area (Å²) in [5.41, 5.74) is 2.85. The van der Waals surface area contributed by atoms with E-state index in [2.05, 4.69) is 21.2 Å². The van der Waals surface area contributed by atoms with E-state index in [-0.39, 0.29) is 17.2 Å². The van der Waals surface area contributed by atoms with Crippen molar-refractivity contribution in [3.63, 3.8) is 0 Å². The minimum absolute atomic E-state index is 0.113. The summed E-state index contributed by atoms with van der Waals surface area (Å²) in [5, 5.41) is 2.82. The zero-order valence-electron chi connectivity index (χ0n) is 12.0. The molecule has 2 aromatic rings. The Morgan fingerprint density at radius 2 is 1.81 bits per heavy atom. The minimum atomic E-state index is -0.561. The lowest BCUT2D eigenvalue weighted by Crippen LogP contribution is -2.14. The smallest absolute Gasteiger partial charge is 0.255 e. The maximum absolute atomic E-state index is 13.6. The first kappa shape index (κ1) is 15.5. The highest BCUT2D eigenvalue weighted by Gasteiger charge is 2.13. The van der Waals surface area contributed by atoms with Crippen molar-refractivity contribution >= 4 is 27.5 Å². The van der Waals surface area contributed by atoms with E-state index in [1.165, 1.54) is 19.2 Å². The molecule has 0 aromatic heterocycles. The molecule has 0 unspecified atom stereocenters. The quantitative estimate of drug-likeness (QED) is 0.885. The van der Waals surface area contributed by atoms with Crippen molar-refractivity contribution in [1.82, 2.24) is 0 Å². The molecule has 0 spiro atoms. The third-order valence-electron chi connectivity index (χ3n) is 3.15. The number of nitrogens with one attached hydrogen (secondary N) is 1. The molecule has 0 saturated heterocycles. The summed E-state index contributed by atoms with van der Waals surface area (Å²) in [4.78, 5) is 12.2. The summed E-state index contributed by atoms with van der Waals surface area (Å²) < 4.78 is 19.4. The molecule has 0 atom stereocenters. The van der Waals surface area contributed by atoms with Crippen LogP contribution in [0.1, 0.15) is 21.5 Å². The molecule has 0 aliphatic rings. The SMILES string of the molecule is COc1ccc(C(=O)Nc2c(C)cc(Br)cc2C)cc1F. The maximum atomic E-state index is 13.6. The number of hydrogen-bond donors (Lipinski definition) is 1. The van der Waals surface area contributed by atoms with Crippen molar-refractivity contribution in [3.8, 4) is 5.75 Å². The number of benzene rings is 2. The van der Waals surface area contributed by atoms with E-state index in [1.54, 1.807) is 0 Å². The monoisotopic (exact) mass is 351 g/mol. The van der Waals surface area contributed by atoms with Gasteiger partial charge in [-0.15, -0.1) is 0 Å². The minimum Gasteiger partial charge on any atom is -0.494 e. The van der Waals surface area contributed by atoms with Crippen molar-refractivity contribution < 1.29 is 13.9 Å². The zero-order chi connectivity index (χ0) is 15.6. The fourth-order valence-corrected chi connectivity index (χ4v) is 2.79. The number of rotatable bonds is 3. The van der Waals surface area contributed by atoms with E-state index in [9.17, 15) is 9.18 Å². The number of halogens is 2. The normalized spacial score (nSPS) is 10.3. The molecule has 1 amide bonds. The molecular formula is C16H15BrFNO2. The van der Waals surface area contributed by atoms with Crippen molar-refractivity contribution in [3.05, 3.63) is 57.3 Å². The number of methoxy groups -OCH3 is 1. The molecule has 0 aliphatic heterocycles. The van der Waals surface area contributed by atoms with E-state index < -0.39 is 5.82 Å². The Morgan fingerprint density at radius 3 is 2.33 bits per heavy atom. The lowest BCUT2D eigenvalue weighted by atomic mass is 10.1. The van der Waals surface area contributed by atoms with Crippen molar-refractivity contribution in [2.45, 2.75) is 13.8 Å². The van der Waals surface area contributed by atoms with Crippen molar-refractivity contribution in [2.75, 3.05) is 12.4 Å². The number of hydrogen-bond acceptors (Lipinski definition) is 2. The first-order valence-electron chi connectivity index (χ1n) is 6.34. The Hall–Kier alpha value is -1.88. The van der Waals surface area contributed by atoms with Gasteiger partial charge in [0.15, 0.2) is 11.6 Å². The highest BCUT2D eigenvalue weighted by molar-refractivity contribution is 9.10. The van der Waals surface area contributed by atoms with Gasteiger partial charge in [0.05, 0.1) is 7.11 Å². The Bertz CT molecular complexity index is 678. The maximum Gasteiger partial charge on any atom is 0.255 e. The lowest BCUT2D eigenvalue weighted by Gasteiger charge is -2.13. The second kappa shape index (κ2) is 6.26. The molecule has 0 fully saturated rings. The van der Waals surface area contributed by atoms with Crippen LogP contribution in [-0.2, 0) is 0 Å². The summed E-state index contributed by atoms with van der Waals surface area (Å²) in [6, 6.07) is 7.96.